The van der Waals surface area contributed by atoms with Crippen LogP contribution in [0.15, 0.2) is 5.03 Å². The highest BCUT2D eigenvalue weighted by Crippen LogP contribution is 2.52. The lowest BCUT2D eigenvalue weighted by atomic mass is 9.87. The van der Waals surface area contributed by atoms with E-state index in [2.05, 4.69) is 18.9 Å². The highest BCUT2D eigenvalue weighted by molar-refractivity contribution is 8.00. The molecular formula is C18H32N5O6S2. The Bertz CT molecular complexity index is 754. The Morgan fingerprint density at radius 1 is 1.32 bits per heavy atom. The Labute approximate surface area is 190 Å². The van der Waals surface area contributed by atoms with Crippen molar-refractivity contribution in [1.29, 1.82) is 0 Å². The van der Waals surface area contributed by atoms with Crippen molar-refractivity contribution in [3.8, 4) is 5.88 Å². The van der Waals surface area contributed by atoms with Gasteiger partial charge in [0.15, 0.2) is 5.03 Å². The van der Waals surface area contributed by atoms with Gasteiger partial charge in [0, 0.05) is 23.3 Å². The number of hydrogen-bond donors (Lipinski definition) is 2. The predicted octanol–water partition coefficient (Wildman–Crippen LogP) is 2.17. The number of hydrogen-bond acceptors (Lipinski definition) is 11. The second kappa shape index (κ2) is 9.71. The van der Waals surface area contributed by atoms with E-state index >= 15 is 0 Å². The molecule has 0 aliphatic carbocycles. The van der Waals surface area contributed by atoms with Gasteiger partial charge in [-0.1, -0.05) is 11.8 Å². The first-order valence-corrected chi connectivity index (χ1v) is 11.6. The molecular weight excluding hydrogens is 446 g/mol. The summed E-state index contributed by atoms with van der Waals surface area (Å²) in [7, 11) is 0. The summed E-state index contributed by atoms with van der Waals surface area (Å²) in [5, 5.41) is 37.4. The third-order valence-corrected chi connectivity index (χ3v) is 7.60. The lowest BCUT2D eigenvalue weighted by molar-refractivity contribution is -0.759. The monoisotopic (exact) mass is 478 g/mol. The van der Waals surface area contributed by atoms with Crippen molar-refractivity contribution in [3.63, 3.8) is 0 Å². The van der Waals surface area contributed by atoms with Crippen LogP contribution in [-0.2, 0) is 10.0 Å². The smallest absolute Gasteiger partial charge is 0.294 e. The van der Waals surface area contributed by atoms with E-state index in [1.54, 1.807) is 27.7 Å². The summed E-state index contributed by atoms with van der Waals surface area (Å²) in [6.45, 7) is 13.3. The van der Waals surface area contributed by atoms with Gasteiger partial charge in [0.05, 0.1) is 22.8 Å². The zero-order valence-corrected chi connectivity index (χ0v) is 20.6. The molecule has 0 bridgehead atoms. The maximum atomic E-state index is 13.0. The van der Waals surface area contributed by atoms with Crippen molar-refractivity contribution in [2.45, 2.75) is 81.5 Å². The minimum atomic E-state index is -0.879. The van der Waals surface area contributed by atoms with Gasteiger partial charge in [-0.05, 0) is 48.5 Å². The second-order valence-corrected chi connectivity index (χ2v) is 11.4. The third-order valence-electron chi connectivity index (χ3n) is 5.32. The molecule has 2 N–H and O–H groups in total. The van der Waals surface area contributed by atoms with Crippen LogP contribution in [0, 0.1) is 16.0 Å². The lowest BCUT2D eigenvalue weighted by Gasteiger charge is -2.33. The molecule has 3 unspecified atom stereocenters. The largest absolute Gasteiger partial charge is 0.472 e. The van der Waals surface area contributed by atoms with E-state index in [9.17, 15) is 20.4 Å². The maximum Gasteiger partial charge on any atom is 0.294 e. The average molecular weight is 479 g/mol. The summed E-state index contributed by atoms with van der Waals surface area (Å²) >= 11 is 2.26. The quantitative estimate of drug-likeness (QED) is 0.379. The van der Waals surface area contributed by atoms with E-state index in [4.69, 9.17) is 4.74 Å². The van der Waals surface area contributed by atoms with Gasteiger partial charge in [0.2, 0.25) is 0 Å². The van der Waals surface area contributed by atoms with Crippen molar-refractivity contribution in [1.82, 2.24) is 19.1 Å². The number of ether oxygens (including phenoxy) is 1. The van der Waals surface area contributed by atoms with Gasteiger partial charge in [0.25, 0.3) is 11.0 Å². The minimum absolute atomic E-state index is 0.0309. The Morgan fingerprint density at radius 2 is 1.97 bits per heavy atom. The fourth-order valence-electron chi connectivity index (χ4n) is 3.64. The molecule has 0 aromatic carbocycles. The van der Waals surface area contributed by atoms with Crippen LogP contribution in [0.25, 0.3) is 0 Å². The van der Waals surface area contributed by atoms with Crippen molar-refractivity contribution in [2.75, 3.05) is 19.8 Å². The lowest BCUT2D eigenvalue weighted by Crippen LogP contribution is -2.47. The maximum absolute atomic E-state index is 13.0. The highest BCUT2D eigenvalue weighted by atomic mass is 32.2. The zero-order valence-electron chi connectivity index (χ0n) is 18.9. The first-order valence-electron chi connectivity index (χ1n) is 9.96. The predicted molar refractivity (Wildman–Crippen MR) is 116 cm³/mol. The van der Waals surface area contributed by atoms with Crippen LogP contribution < -0.4 is 10.1 Å². The van der Waals surface area contributed by atoms with Crippen LogP contribution in [-0.4, -0.2) is 71.7 Å². The van der Waals surface area contributed by atoms with Crippen molar-refractivity contribution in [2.24, 2.45) is 5.92 Å². The Hall–Kier alpha value is -1.25. The van der Waals surface area contributed by atoms with E-state index in [-0.39, 0.29) is 29.9 Å². The number of aliphatic hydroxyl groups excluding tert-OH is 1. The summed E-state index contributed by atoms with van der Waals surface area (Å²) in [5.41, 5.74) is -1.84. The SMILES string of the molecule is CC(C)(C)NCC(O)COc1nsnc1SC1C(CO[N+](=O)[O-])C(C)(C)N([O])C1(C)C. The van der Waals surface area contributed by atoms with E-state index < -0.39 is 28.2 Å². The molecule has 1 aliphatic rings. The summed E-state index contributed by atoms with van der Waals surface area (Å²) < 4.78 is 14.1. The molecule has 31 heavy (non-hydrogen) atoms. The number of nitrogens with zero attached hydrogens (tertiary/aromatic N) is 4. The molecule has 177 valence electrons. The molecule has 1 fully saturated rings. The second-order valence-electron chi connectivity index (χ2n) is 9.74. The average Bonchev–Trinajstić information content (AvgIpc) is 3.13. The van der Waals surface area contributed by atoms with Gasteiger partial charge in [-0.2, -0.15) is 4.37 Å². The molecule has 11 nitrogen and oxygen atoms in total. The molecule has 1 radical (unpaired) electrons. The molecule has 1 aromatic rings. The summed E-state index contributed by atoms with van der Waals surface area (Å²) in [6.07, 6.45) is -0.737. The molecule has 0 amide bonds. The number of hydroxylamine groups is 2. The van der Waals surface area contributed by atoms with Crippen LogP contribution in [0.3, 0.4) is 0 Å². The Balaban J connectivity index is 2.12. The topological polar surface area (TPSA) is 143 Å². The first kappa shape index (κ1) is 26.0. The van der Waals surface area contributed by atoms with E-state index in [1.807, 2.05) is 20.8 Å². The molecule has 2 heterocycles. The van der Waals surface area contributed by atoms with Gasteiger partial charge in [-0.25, -0.2) is 0 Å². The highest BCUT2D eigenvalue weighted by Gasteiger charge is 2.60. The van der Waals surface area contributed by atoms with Gasteiger partial charge < -0.3 is 20.0 Å². The Kier molecular flexibility index (Phi) is 8.15. The van der Waals surface area contributed by atoms with E-state index in [0.717, 1.165) is 16.8 Å². The first-order chi connectivity index (χ1) is 14.2. The molecule has 0 saturated carbocycles. The normalized spacial score (nSPS) is 24.2. The van der Waals surface area contributed by atoms with E-state index in [0.29, 0.717) is 11.6 Å². The Morgan fingerprint density at radius 3 is 2.55 bits per heavy atom. The van der Waals surface area contributed by atoms with E-state index in [1.165, 1.54) is 11.8 Å². The van der Waals surface area contributed by atoms with Crippen LogP contribution >= 0.6 is 23.5 Å². The molecule has 0 spiro atoms. The standard InChI is InChI=1S/C18H32N5O6S2/c1-16(2,3)19-8-11(24)9-28-14-15(21-31-20-14)30-13-12(10-29-23(26)27)17(4,5)22(25)18(13,6)7/h11-13,19,24H,8-10H2,1-7H3. The minimum Gasteiger partial charge on any atom is -0.472 e. The number of aromatic nitrogens is 2. The number of rotatable bonds is 10. The molecule has 1 aliphatic heterocycles. The van der Waals surface area contributed by atoms with Crippen LogP contribution in [0.1, 0.15) is 48.5 Å². The molecule has 2 rings (SSSR count). The fourth-order valence-corrected chi connectivity index (χ4v) is 5.78. The third kappa shape index (κ3) is 6.39. The summed E-state index contributed by atoms with van der Waals surface area (Å²) in [5.74, 6) is -0.164. The number of thioether (sulfide) groups is 1. The van der Waals surface area contributed by atoms with Crippen LogP contribution in [0.2, 0.25) is 0 Å². The number of nitrogens with one attached hydrogen (secondary N) is 1. The fraction of sp³-hybridized carbons (Fsp3) is 0.889. The van der Waals surface area contributed by atoms with Crippen molar-refractivity contribution in [3.05, 3.63) is 10.1 Å². The summed E-state index contributed by atoms with van der Waals surface area (Å²) in [4.78, 5) is 15.4. The summed E-state index contributed by atoms with van der Waals surface area (Å²) in [6, 6.07) is 0. The number of aliphatic hydroxyl groups is 1. The van der Waals surface area contributed by atoms with Gasteiger partial charge in [-0.3, -0.25) is 0 Å². The van der Waals surface area contributed by atoms with Gasteiger partial charge >= 0.3 is 0 Å². The van der Waals surface area contributed by atoms with Gasteiger partial charge in [-0.15, -0.1) is 24.8 Å². The zero-order chi connectivity index (χ0) is 23.6. The molecule has 1 aromatic heterocycles. The molecule has 1 saturated heterocycles. The van der Waals surface area contributed by atoms with Gasteiger partial charge in [0.1, 0.15) is 19.3 Å². The number of β-amino-alcohol motifs (C(OH)–C–C–N with tert-alkyl or cyclic N) is 1. The molecule has 13 heteroatoms. The van der Waals surface area contributed by atoms with Crippen molar-refractivity contribution < 1.29 is 25.0 Å². The van der Waals surface area contributed by atoms with Crippen molar-refractivity contribution >= 4 is 23.5 Å². The molecule has 3 atom stereocenters. The van der Waals surface area contributed by atoms with Crippen LogP contribution in [0.4, 0.5) is 0 Å². The van der Waals surface area contributed by atoms with Crippen LogP contribution in [0.5, 0.6) is 5.88 Å².